The maximum Gasteiger partial charge on any atom is 0.301 e. The summed E-state index contributed by atoms with van der Waals surface area (Å²) in [5.74, 6) is -0.664. The number of carbonyl (C=O) groups excluding carboxylic acids is 2. The van der Waals surface area contributed by atoms with Crippen molar-refractivity contribution < 1.29 is 34.0 Å². The van der Waals surface area contributed by atoms with Crippen LogP contribution < -0.4 is 19.1 Å². The fourth-order valence-electron chi connectivity index (χ4n) is 5.10. The Balaban J connectivity index is 1.57. The number of benzene rings is 3. The number of fused-ring (bicyclic) bond motifs is 2. The van der Waals surface area contributed by atoms with Crippen LogP contribution in [0.4, 0.5) is 5.13 Å². The van der Waals surface area contributed by atoms with E-state index < -0.39 is 17.7 Å². The number of Topliss-reactive ketones (excluding diaryl/α,β-unsaturated/α-hetero) is 1. The number of hydrogen-bond donors (Lipinski definition) is 2. The molecule has 0 radical (unpaired) electrons. The van der Waals surface area contributed by atoms with Crippen LogP contribution in [-0.2, 0) is 16.0 Å². The summed E-state index contributed by atoms with van der Waals surface area (Å²) in [6, 6.07) is 12.6. The first-order valence-corrected chi connectivity index (χ1v) is 13.9. The molecule has 0 spiro atoms. The van der Waals surface area contributed by atoms with Gasteiger partial charge in [-0.3, -0.25) is 14.5 Å². The van der Waals surface area contributed by atoms with Crippen molar-refractivity contribution in [3.8, 4) is 23.0 Å². The Morgan fingerprint density at radius 1 is 1.12 bits per heavy atom. The van der Waals surface area contributed by atoms with Gasteiger partial charge in [-0.15, -0.1) is 0 Å². The zero-order chi connectivity index (χ0) is 28.3. The predicted molar refractivity (Wildman–Crippen MR) is 154 cm³/mol. The van der Waals surface area contributed by atoms with Crippen molar-refractivity contribution >= 4 is 60.1 Å². The average molecular weight is 623 g/mol. The number of amides is 1. The third kappa shape index (κ3) is 4.16. The number of aromatic hydroxyl groups is 1. The molecular formula is C29H23BrN2O7S. The molecule has 1 fully saturated rings. The fraction of sp³-hybridized carbons (Fsp3) is 0.207. The number of aliphatic hydroxyl groups is 1. The predicted octanol–water partition coefficient (Wildman–Crippen LogP) is 5.73. The summed E-state index contributed by atoms with van der Waals surface area (Å²) in [6.45, 7) is 1.95. The van der Waals surface area contributed by atoms with E-state index >= 15 is 0 Å². The highest BCUT2D eigenvalue weighted by atomic mass is 79.9. The van der Waals surface area contributed by atoms with Crippen LogP contribution in [0.1, 0.15) is 29.7 Å². The molecule has 1 amide bonds. The van der Waals surface area contributed by atoms with E-state index in [0.29, 0.717) is 33.3 Å². The number of hydrogen-bond acceptors (Lipinski definition) is 9. The number of methoxy groups -OCH3 is 2. The molecule has 1 saturated heterocycles. The Morgan fingerprint density at radius 2 is 1.93 bits per heavy atom. The maximum absolute atomic E-state index is 13.6. The van der Waals surface area contributed by atoms with Gasteiger partial charge >= 0.3 is 5.91 Å². The minimum atomic E-state index is -1.06. The molecule has 1 aromatic heterocycles. The number of ether oxygens (including phenoxy) is 3. The molecule has 0 aliphatic carbocycles. The van der Waals surface area contributed by atoms with Crippen LogP contribution in [0.25, 0.3) is 16.0 Å². The lowest BCUT2D eigenvalue weighted by molar-refractivity contribution is -0.132. The Labute approximate surface area is 241 Å². The van der Waals surface area contributed by atoms with Gasteiger partial charge in [0.2, 0.25) is 0 Å². The van der Waals surface area contributed by atoms with Crippen LogP contribution in [0.2, 0.25) is 0 Å². The number of ketones is 1. The molecule has 2 aliphatic rings. The normalized spacial score (nSPS) is 19.6. The summed E-state index contributed by atoms with van der Waals surface area (Å²) in [5.41, 5.74) is 2.24. The van der Waals surface area contributed by atoms with E-state index in [0.717, 1.165) is 16.0 Å². The van der Waals surface area contributed by atoms with Crippen molar-refractivity contribution in [3.63, 3.8) is 0 Å². The molecule has 2 unspecified atom stereocenters. The van der Waals surface area contributed by atoms with Gasteiger partial charge in [-0.2, -0.15) is 0 Å². The van der Waals surface area contributed by atoms with E-state index in [2.05, 4.69) is 20.9 Å². The summed E-state index contributed by atoms with van der Waals surface area (Å²) < 4.78 is 17.5. The van der Waals surface area contributed by atoms with Crippen LogP contribution in [0.3, 0.4) is 0 Å². The van der Waals surface area contributed by atoms with Gasteiger partial charge in [-0.1, -0.05) is 11.3 Å². The second-order valence-corrected chi connectivity index (χ2v) is 11.4. The topological polar surface area (TPSA) is 118 Å². The number of phenols is 1. The van der Waals surface area contributed by atoms with Crippen LogP contribution in [-0.4, -0.2) is 47.2 Å². The van der Waals surface area contributed by atoms with E-state index in [1.165, 1.54) is 29.4 Å². The van der Waals surface area contributed by atoms with Crippen LogP contribution >= 0.6 is 27.3 Å². The molecule has 0 saturated carbocycles. The van der Waals surface area contributed by atoms with E-state index in [-0.39, 0.29) is 34.1 Å². The number of rotatable bonds is 5. The van der Waals surface area contributed by atoms with Crippen molar-refractivity contribution in [1.82, 2.24) is 4.98 Å². The molecule has 0 bridgehead atoms. The smallest absolute Gasteiger partial charge is 0.301 e. The summed E-state index contributed by atoms with van der Waals surface area (Å²) >= 11 is 4.56. The molecule has 2 aliphatic heterocycles. The number of nitrogens with zero attached hydrogens (tertiary/aromatic N) is 2. The highest BCUT2D eigenvalue weighted by molar-refractivity contribution is 9.10. The molecule has 40 heavy (non-hydrogen) atoms. The van der Waals surface area contributed by atoms with Crippen molar-refractivity contribution in [3.05, 3.63) is 75.3 Å². The van der Waals surface area contributed by atoms with Crippen LogP contribution in [0, 0.1) is 0 Å². The van der Waals surface area contributed by atoms with Gasteiger partial charge in [0.05, 0.1) is 40.5 Å². The number of halogens is 1. The molecule has 6 rings (SSSR count). The van der Waals surface area contributed by atoms with E-state index in [1.54, 1.807) is 49.6 Å². The van der Waals surface area contributed by atoms with Gasteiger partial charge in [0, 0.05) is 12.0 Å². The molecule has 3 aromatic carbocycles. The number of aliphatic hydroxyl groups excluding tert-OH is 1. The highest BCUT2D eigenvalue weighted by Crippen LogP contribution is 2.47. The molecule has 204 valence electrons. The highest BCUT2D eigenvalue weighted by Gasteiger charge is 2.48. The lowest BCUT2D eigenvalue weighted by Gasteiger charge is -2.24. The SMILES string of the molecule is COc1ccc2nc(N3C(=O)C(=O)/C(=C(/O)c4ccc5c(c4)CC(C)O5)C3c3cc(Br)c(O)c(OC)c3)sc2c1. The number of thiazole rings is 1. The average Bonchev–Trinajstić information content (AvgIpc) is 3.61. The quantitative estimate of drug-likeness (QED) is 0.164. The van der Waals surface area contributed by atoms with E-state index in [1.807, 2.05) is 6.92 Å². The molecule has 11 heteroatoms. The molecule has 4 aromatic rings. The van der Waals surface area contributed by atoms with Crippen molar-refractivity contribution in [2.24, 2.45) is 0 Å². The van der Waals surface area contributed by atoms with Gasteiger partial charge in [0.1, 0.15) is 23.4 Å². The van der Waals surface area contributed by atoms with Crippen molar-refractivity contribution in [2.45, 2.75) is 25.5 Å². The fourth-order valence-corrected chi connectivity index (χ4v) is 6.58. The number of phenolic OH excluding ortho intramolecular Hbond substituents is 1. The van der Waals surface area contributed by atoms with Gasteiger partial charge in [-0.05, 0) is 82.5 Å². The zero-order valence-electron chi connectivity index (χ0n) is 21.6. The first kappa shape index (κ1) is 26.1. The summed E-state index contributed by atoms with van der Waals surface area (Å²) in [7, 11) is 2.96. The molecule has 2 atom stereocenters. The second-order valence-electron chi connectivity index (χ2n) is 9.51. The largest absolute Gasteiger partial charge is 0.507 e. The van der Waals surface area contributed by atoms with E-state index in [9.17, 15) is 19.8 Å². The Kier molecular flexibility index (Phi) is 6.42. The first-order valence-electron chi connectivity index (χ1n) is 12.3. The van der Waals surface area contributed by atoms with Crippen molar-refractivity contribution in [1.29, 1.82) is 0 Å². The monoisotopic (exact) mass is 622 g/mol. The third-order valence-corrected chi connectivity index (χ3v) is 8.61. The van der Waals surface area contributed by atoms with Gasteiger partial charge in [0.25, 0.3) is 5.78 Å². The molecule has 9 nitrogen and oxygen atoms in total. The molecule has 3 heterocycles. The Morgan fingerprint density at radius 3 is 2.67 bits per heavy atom. The molecular weight excluding hydrogens is 600 g/mol. The first-order chi connectivity index (χ1) is 19.2. The standard InChI is InChI=1S/C29H23BrN2O7S/c1-13-8-15-9-14(4-7-20(15)39-13)25(33)23-24(16-10-18(30)26(34)21(11-16)38-3)32(28(36)27(23)35)29-31-19-6-5-17(37-2)12-22(19)40-29/h4-7,9-13,24,33-34H,8H2,1-3H3/b25-23+. The van der Waals surface area contributed by atoms with Gasteiger partial charge < -0.3 is 24.4 Å². The number of carbonyl (C=O) groups is 2. The third-order valence-electron chi connectivity index (χ3n) is 6.99. The second kappa shape index (κ2) is 9.83. The van der Waals surface area contributed by atoms with Crippen molar-refractivity contribution in [2.75, 3.05) is 19.1 Å². The Bertz CT molecular complexity index is 1750. The number of anilines is 1. The molecule has 2 N–H and O–H groups in total. The number of aromatic nitrogens is 1. The summed E-state index contributed by atoms with van der Waals surface area (Å²) in [4.78, 5) is 33.2. The summed E-state index contributed by atoms with van der Waals surface area (Å²) in [6.07, 6.45) is 0.656. The van der Waals surface area contributed by atoms with Crippen LogP contribution in [0.5, 0.6) is 23.0 Å². The maximum atomic E-state index is 13.6. The minimum absolute atomic E-state index is 0.00236. The van der Waals surface area contributed by atoms with E-state index in [4.69, 9.17) is 14.2 Å². The van der Waals surface area contributed by atoms with Gasteiger partial charge in [0.15, 0.2) is 16.6 Å². The van der Waals surface area contributed by atoms with Gasteiger partial charge in [-0.25, -0.2) is 4.98 Å². The lowest BCUT2D eigenvalue weighted by atomic mass is 9.94. The van der Waals surface area contributed by atoms with Crippen LogP contribution in [0.15, 0.2) is 58.6 Å². The summed E-state index contributed by atoms with van der Waals surface area (Å²) in [5, 5.41) is 22.3. The lowest BCUT2D eigenvalue weighted by Crippen LogP contribution is -2.29. The minimum Gasteiger partial charge on any atom is -0.507 e. The Hall–Kier alpha value is -4.09. The zero-order valence-corrected chi connectivity index (χ0v) is 24.0.